The van der Waals surface area contributed by atoms with Crippen LogP contribution in [0.4, 0.5) is 0 Å². The molecule has 1 heterocycles. The molecule has 15 heavy (non-hydrogen) atoms. The average molecular weight is 216 g/mol. The number of hydrogen-bond acceptors (Lipinski definition) is 5. The first kappa shape index (κ1) is 12.9. The summed E-state index contributed by atoms with van der Waals surface area (Å²) in [7, 11) is 0. The van der Waals surface area contributed by atoms with Crippen LogP contribution in [0.5, 0.6) is 0 Å². The van der Waals surface area contributed by atoms with Gasteiger partial charge >= 0.3 is 0 Å². The molecule has 1 aliphatic rings. The minimum absolute atomic E-state index is 0.716. The number of ether oxygens (including phenoxy) is 1. The fourth-order valence-corrected chi connectivity index (χ4v) is 1.59. The molecule has 4 N–H and O–H groups in total. The van der Waals surface area contributed by atoms with E-state index >= 15 is 0 Å². The third-order valence-corrected chi connectivity index (χ3v) is 2.51. The Morgan fingerprint density at radius 2 is 1.67 bits per heavy atom. The summed E-state index contributed by atoms with van der Waals surface area (Å²) >= 11 is 0. The highest BCUT2D eigenvalue weighted by Gasteiger charge is 2.08. The van der Waals surface area contributed by atoms with Crippen LogP contribution in [0.3, 0.4) is 0 Å². The maximum atomic E-state index is 5.37. The number of nitrogens with zero attached hydrogens (tertiary/aromatic N) is 1. The summed E-state index contributed by atoms with van der Waals surface area (Å²) in [5.41, 5.74) is 5.37. The van der Waals surface area contributed by atoms with Crippen molar-refractivity contribution < 1.29 is 4.74 Å². The van der Waals surface area contributed by atoms with Gasteiger partial charge in [-0.2, -0.15) is 0 Å². The summed E-state index contributed by atoms with van der Waals surface area (Å²) in [4.78, 5) is 2.43. The molecule has 1 aliphatic heterocycles. The van der Waals surface area contributed by atoms with Gasteiger partial charge in [-0.1, -0.05) is 0 Å². The molecule has 0 spiro atoms. The second-order valence-corrected chi connectivity index (χ2v) is 3.74. The molecule has 0 aromatic carbocycles. The van der Waals surface area contributed by atoms with Gasteiger partial charge in [0.05, 0.1) is 13.2 Å². The fraction of sp³-hybridized carbons (Fsp3) is 1.00. The zero-order valence-corrected chi connectivity index (χ0v) is 9.50. The van der Waals surface area contributed by atoms with Crippen molar-refractivity contribution in [3.63, 3.8) is 0 Å². The number of nitrogens with one attached hydrogen (secondary N) is 2. The minimum atomic E-state index is 0.716. The van der Waals surface area contributed by atoms with Crippen molar-refractivity contribution in [2.75, 3.05) is 65.6 Å². The summed E-state index contributed by atoms with van der Waals surface area (Å²) in [5, 5.41) is 6.66. The predicted molar refractivity (Wildman–Crippen MR) is 62.1 cm³/mol. The largest absolute Gasteiger partial charge is 0.379 e. The Morgan fingerprint density at radius 1 is 1.00 bits per heavy atom. The number of rotatable bonds is 8. The van der Waals surface area contributed by atoms with E-state index < -0.39 is 0 Å². The highest BCUT2D eigenvalue weighted by atomic mass is 16.5. The molecule has 5 nitrogen and oxygen atoms in total. The lowest BCUT2D eigenvalue weighted by Crippen LogP contribution is -2.41. The molecular formula is C10H24N4O. The second-order valence-electron chi connectivity index (χ2n) is 3.74. The lowest BCUT2D eigenvalue weighted by atomic mass is 10.4. The molecule has 1 rings (SSSR count). The molecule has 1 saturated heterocycles. The first-order chi connectivity index (χ1) is 7.43. The zero-order valence-electron chi connectivity index (χ0n) is 9.50. The van der Waals surface area contributed by atoms with E-state index in [1.807, 2.05) is 0 Å². The van der Waals surface area contributed by atoms with Crippen molar-refractivity contribution in [3.8, 4) is 0 Å². The van der Waals surface area contributed by atoms with Gasteiger partial charge in [0.2, 0.25) is 0 Å². The topological polar surface area (TPSA) is 62.5 Å². The third-order valence-electron chi connectivity index (χ3n) is 2.51. The van der Waals surface area contributed by atoms with E-state index in [1.54, 1.807) is 0 Å². The molecule has 1 fully saturated rings. The highest BCUT2D eigenvalue weighted by Crippen LogP contribution is 1.94. The first-order valence-electron chi connectivity index (χ1n) is 5.85. The summed E-state index contributed by atoms with van der Waals surface area (Å²) < 4.78 is 5.29. The Labute approximate surface area is 92.3 Å². The first-order valence-corrected chi connectivity index (χ1v) is 5.85. The molecule has 0 unspecified atom stereocenters. The van der Waals surface area contributed by atoms with Crippen molar-refractivity contribution in [3.05, 3.63) is 0 Å². The van der Waals surface area contributed by atoms with Gasteiger partial charge in [0.1, 0.15) is 0 Å². The molecule has 0 aliphatic carbocycles. The highest BCUT2D eigenvalue weighted by molar-refractivity contribution is 4.63. The molecule has 0 saturated carbocycles. The van der Waals surface area contributed by atoms with Crippen molar-refractivity contribution in [2.24, 2.45) is 5.73 Å². The van der Waals surface area contributed by atoms with Crippen LogP contribution in [0, 0.1) is 0 Å². The smallest absolute Gasteiger partial charge is 0.0594 e. The van der Waals surface area contributed by atoms with Crippen LogP contribution in [0.1, 0.15) is 0 Å². The molecule has 0 aromatic heterocycles. The summed E-state index contributed by atoms with van der Waals surface area (Å²) in [6.07, 6.45) is 0. The van der Waals surface area contributed by atoms with Gasteiger partial charge in [0.25, 0.3) is 0 Å². The Hall–Kier alpha value is -0.200. The van der Waals surface area contributed by atoms with E-state index in [2.05, 4.69) is 15.5 Å². The summed E-state index contributed by atoms with van der Waals surface area (Å²) in [6.45, 7) is 9.75. The van der Waals surface area contributed by atoms with Crippen molar-refractivity contribution >= 4 is 0 Å². The van der Waals surface area contributed by atoms with Crippen LogP contribution in [0.25, 0.3) is 0 Å². The number of nitrogens with two attached hydrogens (primary N) is 1. The van der Waals surface area contributed by atoms with Crippen LogP contribution in [0.2, 0.25) is 0 Å². The Bertz CT molecular complexity index is 139. The summed E-state index contributed by atoms with van der Waals surface area (Å²) in [6, 6.07) is 0. The minimum Gasteiger partial charge on any atom is -0.379 e. The van der Waals surface area contributed by atoms with Crippen LogP contribution >= 0.6 is 0 Å². The van der Waals surface area contributed by atoms with Gasteiger partial charge in [0.15, 0.2) is 0 Å². The Morgan fingerprint density at radius 3 is 2.33 bits per heavy atom. The summed E-state index contributed by atoms with van der Waals surface area (Å²) in [5.74, 6) is 0. The Balaban J connectivity index is 1.79. The maximum Gasteiger partial charge on any atom is 0.0594 e. The SMILES string of the molecule is NCCNCCNCCN1CCOCC1. The van der Waals surface area contributed by atoms with Crippen molar-refractivity contribution in [1.29, 1.82) is 0 Å². The van der Waals surface area contributed by atoms with E-state index in [0.29, 0.717) is 6.54 Å². The average Bonchev–Trinajstić information content (AvgIpc) is 2.29. The van der Waals surface area contributed by atoms with E-state index in [-0.39, 0.29) is 0 Å². The van der Waals surface area contributed by atoms with Crippen LogP contribution in [-0.4, -0.2) is 70.5 Å². The standard InChI is InChI=1S/C10H24N4O/c11-1-2-12-3-4-13-5-6-14-7-9-15-10-8-14/h12-13H,1-11H2. The van der Waals surface area contributed by atoms with Crippen LogP contribution < -0.4 is 16.4 Å². The lowest BCUT2D eigenvalue weighted by Gasteiger charge is -2.26. The molecule has 0 aromatic rings. The van der Waals surface area contributed by atoms with Crippen molar-refractivity contribution in [2.45, 2.75) is 0 Å². The molecule has 0 amide bonds. The van der Waals surface area contributed by atoms with Gasteiger partial charge < -0.3 is 21.1 Å². The molecule has 0 atom stereocenters. The second kappa shape index (κ2) is 9.06. The molecular weight excluding hydrogens is 192 g/mol. The van der Waals surface area contributed by atoms with Gasteiger partial charge in [-0.25, -0.2) is 0 Å². The molecule has 0 radical (unpaired) electrons. The van der Waals surface area contributed by atoms with Gasteiger partial charge in [0, 0.05) is 52.4 Å². The fourth-order valence-electron chi connectivity index (χ4n) is 1.59. The normalized spacial score (nSPS) is 18.2. The van der Waals surface area contributed by atoms with Crippen LogP contribution in [-0.2, 0) is 4.74 Å². The van der Waals surface area contributed by atoms with Gasteiger partial charge in [-0.15, -0.1) is 0 Å². The predicted octanol–water partition coefficient (Wildman–Crippen LogP) is -1.54. The quantitative estimate of drug-likeness (QED) is 0.429. The third kappa shape index (κ3) is 6.81. The molecule has 0 bridgehead atoms. The molecule has 90 valence electrons. The number of hydrogen-bond donors (Lipinski definition) is 3. The van der Waals surface area contributed by atoms with Gasteiger partial charge in [-0.05, 0) is 0 Å². The van der Waals surface area contributed by atoms with E-state index in [1.165, 1.54) is 0 Å². The Kier molecular flexibility index (Phi) is 7.77. The van der Waals surface area contributed by atoms with E-state index in [0.717, 1.165) is 59.0 Å². The van der Waals surface area contributed by atoms with Crippen molar-refractivity contribution in [1.82, 2.24) is 15.5 Å². The number of morpholine rings is 1. The van der Waals surface area contributed by atoms with E-state index in [9.17, 15) is 0 Å². The zero-order chi connectivity index (χ0) is 10.8. The van der Waals surface area contributed by atoms with E-state index in [4.69, 9.17) is 10.5 Å². The maximum absolute atomic E-state index is 5.37. The van der Waals surface area contributed by atoms with Gasteiger partial charge in [-0.3, -0.25) is 4.90 Å². The van der Waals surface area contributed by atoms with Crippen LogP contribution in [0.15, 0.2) is 0 Å². The lowest BCUT2D eigenvalue weighted by molar-refractivity contribution is 0.0385. The monoisotopic (exact) mass is 216 g/mol. The molecule has 5 heteroatoms.